The molecule has 1 atom stereocenters. The van der Waals surface area contributed by atoms with Crippen molar-refractivity contribution >= 4 is 5.91 Å². The molecule has 1 heterocycles. The molecular weight excluding hydrogens is 277 g/mol. The first kappa shape index (κ1) is 15.0. The summed E-state index contributed by atoms with van der Waals surface area (Å²) in [5, 5.41) is 23.1. The molecule has 2 rings (SSSR count). The van der Waals surface area contributed by atoms with Crippen LogP contribution < -0.4 is 0 Å². The molecule has 6 nitrogen and oxygen atoms in total. The average Bonchev–Trinajstić information content (AvgIpc) is 2.80. The van der Waals surface area contributed by atoms with Gasteiger partial charge in [-0.3, -0.25) is 4.79 Å². The highest BCUT2D eigenvalue weighted by Crippen LogP contribution is 2.19. The first-order chi connectivity index (χ1) is 9.88. The Morgan fingerprint density at radius 1 is 1.43 bits per heavy atom. The van der Waals surface area contributed by atoms with Crippen LogP contribution >= 0.6 is 0 Å². The third-order valence-corrected chi connectivity index (χ3v) is 2.87. The van der Waals surface area contributed by atoms with Gasteiger partial charge in [0.25, 0.3) is 5.91 Å². The number of halogens is 1. The van der Waals surface area contributed by atoms with Crippen molar-refractivity contribution < 1.29 is 19.4 Å². The van der Waals surface area contributed by atoms with E-state index in [1.54, 1.807) is 6.92 Å². The Balaban J connectivity index is 2.27. The lowest BCUT2D eigenvalue weighted by atomic mass is 10.3. The smallest absolute Gasteiger partial charge is 0.278 e. The molecule has 7 heteroatoms. The normalized spacial score (nSPS) is 12.2. The quantitative estimate of drug-likeness (QED) is 0.887. The summed E-state index contributed by atoms with van der Waals surface area (Å²) in [6, 6.07) is 5.48. The molecule has 1 aromatic carbocycles. The summed E-state index contributed by atoms with van der Waals surface area (Å²) in [6.07, 6.45) is 0.594. The minimum absolute atomic E-state index is 0.123. The SMILES string of the molecule is CC(O)CN(C)C(=O)c1nn(-c2ccc(F)cc2)cc1O. The van der Waals surface area contributed by atoms with Crippen molar-refractivity contribution in [1.82, 2.24) is 14.7 Å². The number of rotatable bonds is 4. The number of amides is 1. The number of hydrogen-bond acceptors (Lipinski definition) is 4. The van der Waals surface area contributed by atoms with Gasteiger partial charge in [0, 0.05) is 13.6 Å². The van der Waals surface area contributed by atoms with E-state index in [2.05, 4.69) is 5.10 Å². The third-order valence-electron chi connectivity index (χ3n) is 2.87. The molecule has 1 unspecified atom stereocenters. The maximum absolute atomic E-state index is 12.9. The Hall–Kier alpha value is -2.41. The van der Waals surface area contributed by atoms with Gasteiger partial charge in [-0.1, -0.05) is 0 Å². The molecule has 112 valence electrons. The number of aromatic hydroxyl groups is 1. The number of aromatic nitrogens is 2. The van der Waals surface area contributed by atoms with Crippen LogP contribution in [0.3, 0.4) is 0 Å². The van der Waals surface area contributed by atoms with Crippen molar-refractivity contribution in [3.05, 3.63) is 42.0 Å². The van der Waals surface area contributed by atoms with Crippen LogP contribution in [0.25, 0.3) is 5.69 Å². The van der Waals surface area contributed by atoms with Gasteiger partial charge in [0.2, 0.25) is 0 Å². The predicted molar refractivity (Wildman–Crippen MR) is 73.8 cm³/mol. The van der Waals surface area contributed by atoms with Crippen LogP contribution in [-0.2, 0) is 0 Å². The molecule has 0 bridgehead atoms. The van der Waals surface area contributed by atoms with E-state index in [4.69, 9.17) is 0 Å². The Morgan fingerprint density at radius 2 is 2.05 bits per heavy atom. The zero-order valence-electron chi connectivity index (χ0n) is 11.7. The summed E-state index contributed by atoms with van der Waals surface area (Å²) in [4.78, 5) is 13.4. The molecule has 0 radical (unpaired) electrons. The van der Waals surface area contributed by atoms with Crippen molar-refractivity contribution in [3.8, 4) is 11.4 Å². The zero-order chi connectivity index (χ0) is 15.6. The van der Waals surface area contributed by atoms with Gasteiger partial charge in [-0.2, -0.15) is 5.10 Å². The van der Waals surface area contributed by atoms with Gasteiger partial charge >= 0.3 is 0 Å². The molecule has 2 aromatic rings. The van der Waals surface area contributed by atoms with E-state index in [1.165, 1.54) is 47.1 Å². The lowest BCUT2D eigenvalue weighted by Gasteiger charge is -2.17. The number of aliphatic hydroxyl groups excluding tert-OH is 1. The van der Waals surface area contributed by atoms with Gasteiger partial charge in [0.15, 0.2) is 11.4 Å². The van der Waals surface area contributed by atoms with Crippen molar-refractivity contribution in [3.63, 3.8) is 0 Å². The summed E-state index contributed by atoms with van der Waals surface area (Å²) < 4.78 is 14.2. The second kappa shape index (κ2) is 5.92. The fourth-order valence-corrected chi connectivity index (χ4v) is 1.90. The maximum Gasteiger partial charge on any atom is 0.278 e. The summed E-state index contributed by atoms with van der Waals surface area (Å²) >= 11 is 0. The molecule has 0 saturated heterocycles. The Bertz CT molecular complexity index is 637. The second-order valence-electron chi connectivity index (χ2n) is 4.82. The number of carbonyl (C=O) groups excluding carboxylic acids is 1. The van der Waals surface area contributed by atoms with Crippen molar-refractivity contribution in [2.24, 2.45) is 0 Å². The van der Waals surface area contributed by atoms with E-state index >= 15 is 0 Å². The molecule has 0 spiro atoms. The zero-order valence-corrected chi connectivity index (χ0v) is 11.7. The molecule has 21 heavy (non-hydrogen) atoms. The predicted octanol–water partition coefficient (Wildman–Crippen LogP) is 1.17. The fourth-order valence-electron chi connectivity index (χ4n) is 1.90. The number of carbonyl (C=O) groups is 1. The number of hydrogen-bond donors (Lipinski definition) is 2. The number of benzene rings is 1. The summed E-state index contributed by atoms with van der Waals surface area (Å²) in [7, 11) is 1.51. The molecule has 1 amide bonds. The molecule has 0 fully saturated rings. The van der Waals surface area contributed by atoms with E-state index in [0.29, 0.717) is 5.69 Å². The first-order valence-electron chi connectivity index (χ1n) is 6.36. The Kier molecular flexibility index (Phi) is 4.23. The Morgan fingerprint density at radius 3 is 2.62 bits per heavy atom. The summed E-state index contributed by atoms with van der Waals surface area (Å²) in [6.45, 7) is 1.68. The van der Waals surface area contributed by atoms with Gasteiger partial charge < -0.3 is 15.1 Å². The highest BCUT2D eigenvalue weighted by molar-refractivity contribution is 5.94. The molecular formula is C14H16FN3O3. The molecule has 1 aromatic heterocycles. The van der Waals surface area contributed by atoms with Crippen LogP contribution in [0.4, 0.5) is 4.39 Å². The molecule has 0 aliphatic heterocycles. The van der Waals surface area contributed by atoms with Gasteiger partial charge in [-0.25, -0.2) is 9.07 Å². The minimum atomic E-state index is -0.680. The molecule has 2 N–H and O–H groups in total. The topological polar surface area (TPSA) is 78.6 Å². The van der Waals surface area contributed by atoms with Gasteiger partial charge in [-0.05, 0) is 31.2 Å². The fraction of sp³-hybridized carbons (Fsp3) is 0.286. The van der Waals surface area contributed by atoms with E-state index in [-0.39, 0.29) is 23.8 Å². The summed E-state index contributed by atoms with van der Waals surface area (Å²) in [5.74, 6) is -1.17. The van der Waals surface area contributed by atoms with Crippen LogP contribution in [0.15, 0.2) is 30.5 Å². The van der Waals surface area contributed by atoms with E-state index in [1.807, 2.05) is 0 Å². The standard InChI is InChI=1S/C14H16FN3O3/c1-9(19)7-17(2)14(21)13-12(20)8-18(16-13)11-5-3-10(15)4-6-11/h3-6,8-9,19-20H,7H2,1-2H3. The molecule has 0 aliphatic carbocycles. The highest BCUT2D eigenvalue weighted by atomic mass is 19.1. The first-order valence-corrected chi connectivity index (χ1v) is 6.36. The highest BCUT2D eigenvalue weighted by Gasteiger charge is 2.21. The Labute approximate surface area is 121 Å². The minimum Gasteiger partial charge on any atom is -0.504 e. The molecule has 0 saturated carbocycles. The van der Waals surface area contributed by atoms with Gasteiger partial charge in [-0.15, -0.1) is 0 Å². The summed E-state index contributed by atoms with van der Waals surface area (Å²) in [5.41, 5.74) is 0.395. The van der Waals surface area contributed by atoms with Crippen LogP contribution in [-0.4, -0.2) is 50.5 Å². The van der Waals surface area contributed by atoms with Gasteiger partial charge in [0.1, 0.15) is 5.82 Å². The number of nitrogens with zero attached hydrogens (tertiary/aromatic N) is 3. The van der Waals surface area contributed by atoms with Crippen LogP contribution in [0.2, 0.25) is 0 Å². The number of likely N-dealkylation sites (N-methyl/N-ethyl adjacent to an activating group) is 1. The monoisotopic (exact) mass is 293 g/mol. The molecule has 0 aliphatic rings. The van der Waals surface area contributed by atoms with Crippen LogP contribution in [0.5, 0.6) is 5.75 Å². The van der Waals surface area contributed by atoms with Crippen LogP contribution in [0, 0.1) is 5.82 Å². The van der Waals surface area contributed by atoms with E-state index < -0.39 is 12.0 Å². The largest absolute Gasteiger partial charge is 0.504 e. The lowest BCUT2D eigenvalue weighted by Crippen LogP contribution is -2.33. The van der Waals surface area contributed by atoms with E-state index in [9.17, 15) is 19.4 Å². The van der Waals surface area contributed by atoms with Crippen molar-refractivity contribution in [2.75, 3.05) is 13.6 Å². The maximum atomic E-state index is 12.9. The average molecular weight is 293 g/mol. The third kappa shape index (κ3) is 3.38. The van der Waals surface area contributed by atoms with Crippen LogP contribution in [0.1, 0.15) is 17.4 Å². The van der Waals surface area contributed by atoms with Crippen molar-refractivity contribution in [2.45, 2.75) is 13.0 Å². The number of aliphatic hydroxyl groups is 1. The van der Waals surface area contributed by atoms with Crippen molar-refractivity contribution in [1.29, 1.82) is 0 Å². The lowest BCUT2D eigenvalue weighted by molar-refractivity contribution is 0.0695. The van der Waals surface area contributed by atoms with Gasteiger partial charge in [0.05, 0.1) is 18.0 Å². The van der Waals surface area contributed by atoms with E-state index in [0.717, 1.165) is 0 Å². The second-order valence-corrected chi connectivity index (χ2v) is 4.82.